The van der Waals surface area contributed by atoms with Gasteiger partial charge in [-0.2, -0.15) is 21.6 Å². The molecule has 1 aromatic carbocycles. The highest BCUT2D eigenvalue weighted by Gasteiger charge is 2.48. The topological polar surface area (TPSA) is 73.6 Å². The van der Waals surface area contributed by atoms with Gasteiger partial charge in [-0.05, 0) is 18.2 Å². The first-order chi connectivity index (χ1) is 9.10. The predicted octanol–water partition coefficient (Wildman–Crippen LogP) is 2.78. The summed E-state index contributed by atoms with van der Waals surface area (Å²) < 4.78 is 67.9. The van der Waals surface area contributed by atoms with Crippen molar-refractivity contribution in [2.24, 2.45) is 0 Å². The van der Waals surface area contributed by atoms with Gasteiger partial charge in [-0.15, -0.1) is 0 Å². The molecule has 0 fully saturated rings. The molecule has 0 spiro atoms. The summed E-state index contributed by atoms with van der Waals surface area (Å²) in [6.45, 7) is 0. The van der Waals surface area contributed by atoms with E-state index in [9.17, 15) is 26.4 Å². The van der Waals surface area contributed by atoms with Crippen LogP contribution in [-0.2, 0) is 10.1 Å². The number of halogens is 4. The highest BCUT2D eigenvalue weighted by Crippen LogP contribution is 2.31. The second kappa shape index (κ2) is 4.77. The first kappa shape index (κ1) is 14.9. The molecule has 0 bridgehead atoms. The van der Waals surface area contributed by atoms with Crippen LogP contribution in [0.5, 0.6) is 5.75 Å². The van der Waals surface area contributed by atoms with Crippen LogP contribution in [0.3, 0.4) is 0 Å². The van der Waals surface area contributed by atoms with Gasteiger partial charge in [0.25, 0.3) is 0 Å². The van der Waals surface area contributed by atoms with Gasteiger partial charge >= 0.3 is 21.3 Å². The molecule has 2 rings (SSSR count). The fraction of sp³-hybridized carbons (Fsp3) is 0.100. The quantitative estimate of drug-likeness (QED) is 0.460. The van der Waals surface area contributed by atoms with Crippen LogP contribution >= 0.6 is 15.9 Å². The number of rotatable bonds is 2. The Bertz CT molecular complexity index is 825. The van der Waals surface area contributed by atoms with Crippen LogP contribution in [0.4, 0.5) is 13.2 Å². The lowest BCUT2D eigenvalue weighted by Crippen LogP contribution is -2.28. The molecule has 0 radical (unpaired) electrons. The number of fused-ring (bicyclic) bond motifs is 1. The molecule has 10 heteroatoms. The SMILES string of the molecule is O=c1cc(OS(=O)(=O)C(F)(F)F)c2ccc(Br)cc2o1. The Labute approximate surface area is 118 Å². The van der Waals surface area contributed by atoms with Gasteiger partial charge in [0.2, 0.25) is 0 Å². The minimum Gasteiger partial charge on any atom is -0.422 e. The van der Waals surface area contributed by atoms with Crippen molar-refractivity contribution in [2.75, 3.05) is 0 Å². The van der Waals surface area contributed by atoms with Gasteiger partial charge < -0.3 is 8.60 Å². The normalized spacial score (nSPS) is 12.6. The molecule has 0 unspecified atom stereocenters. The van der Waals surface area contributed by atoms with Crippen LogP contribution in [0.1, 0.15) is 0 Å². The van der Waals surface area contributed by atoms with Crippen molar-refractivity contribution in [2.45, 2.75) is 5.51 Å². The van der Waals surface area contributed by atoms with E-state index in [0.29, 0.717) is 10.5 Å². The zero-order valence-electron chi connectivity index (χ0n) is 9.27. The molecule has 0 atom stereocenters. The number of benzene rings is 1. The van der Waals surface area contributed by atoms with Crippen LogP contribution in [0.25, 0.3) is 11.0 Å². The third kappa shape index (κ3) is 2.80. The van der Waals surface area contributed by atoms with Crippen molar-refractivity contribution >= 4 is 37.0 Å². The van der Waals surface area contributed by atoms with Gasteiger partial charge in [0.05, 0.1) is 11.5 Å². The van der Waals surface area contributed by atoms with E-state index >= 15 is 0 Å². The van der Waals surface area contributed by atoms with Crippen molar-refractivity contribution in [3.63, 3.8) is 0 Å². The molecule has 2 aromatic rings. The van der Waals surface area contributed by atoms with Crippen molar-refractivity contribution in [3.8, 4) is 5.75 Å². The Morgan fingerprint density at radius 3 is 2.45 bits per heavy atom. The average molecular weight is 373 g/mol. The number of alkyl halides is 3. The van der Waals surface area contributed by atoms with Crippen LogP contribution < -0.4 is 9.81 Å². The standard InChI is InChI=1S/C10H4BrF3O5S/c11-5-1-2-6-7(3-5)18-9(15)4-8(6)19-20(16,17)10(12,13)14/h1-4H. The second-order valence-corrected chi connectivity index (χ2v) is 6.01. The maximum Gasteiger partial charge on any atom is 0.534 e. The molecule has 0 N–H and O–H groups in total. The molecule has 20 heavy (non-hydrogen) atoms. The van der Waals surface area contributed by atoms with Crippen LogP contribution in [-0.4, -0.2) is 13.9 Å². The summed E-state index contributed by atoms with van der Waals surface area (Å²) in [5.41, 5.74) is -6.74. The molecule has 0 saturated carbocycles. The summed E-state index contributed by atoms with van der Waals surface area (Å²) in [6, 6.07) is 4.50. The summed E-state index contributed by atoms with van der Waals surface area (Å²) in [5, 5.41) is -0.0828. The van der Waals surface area contributed by atoms with E-state index in [1.54, 1.807) is 0 Å². The van der Waals surface area contributed by atoms with Gasteiger partial charge in [0.15, 0.2) is 5.75 Å². The summed E-state index contributed by atoms with van der Waals surface area (Å²) in [4.78, 5) is 11.2. The van der Waals surface area contributed by atoms with Crippen molar-refractivity contribution in [1.82, 2.24) is 0 Å². The predicted molar refractivity (Wildman–Crippen MR) is 65.8 cm³/mol. The van der Waals surface area contributed by atoms with Crippen molar-refractivity contribution in [3.05, 3.63) is 39.2 Å². The van der Waals surface area contributed by atoms with E-state index in [0.717, 1.165) is 0 Å². The fourth-order valence-corrected chi connectivity index (χ4v) is 2.15. The molecule has 0 aliphatic carbocycles. The first-order valence-electron chi connectivity index (χ1n) is 4.84. The first-order valence-corrected chi connectivity index (χ1v) is 7.04. The van der Waals surface area contributed by atoms with Gasteiger partial charge in [-0.25, -0.2) is 4.79 Å². The third-order valence-electron chi connectivity index (χ3n) is 2.15. The monoisotopic (exact) mass is 372 g/mol. The summed E-state index contributed by atoms with van der Waals surface area (Å²) in [5.74, 6) is -0.749. The zero-order valence-corrected chi connectivity index (χ0v) is 11.7. The van der Waals surface area contributed by atoms with Crippen molar-refractivity contribution in [1.29, 1.82) is 0 Å². The smallest absolute Gasteiger partial charge is 0.422 e. The highest BCUT2D eigenvalue weighted by atomic mass is 79.9. The largest absolute Gasteiger partial charge is 0.534 e. The molecule has 0 amide bonds. The lowest BCUT2D eigenvalue weighted by atomic mass is 10.2. The maximum absolute atomic E-state index is 12.3. The Morgan fingerprint density at radius 1 is 1.20 bits per heavy atom. The van der Waals surface area contributed by atoms with Gasteiger partial charge in [0.1, 0.15) is 5.58 Å². The molecule has 0 aliphatic heterocycles. The van der Waals surface area contributed by atoms with Gasteiger partial charge in [-0.1, -0.05) is 15.9 Å². The fourth-order valence-electron chi connectivity index (χ4n) is 1.34. The van der Waals surface area contributed by atoms with E-state index < -0.39 is 27.0 Å². The molecular formula is C10H4BrF3O5S. The Hall–Kier alpha value is -1.55. The molecule has 5 nitrogen and oxygen atoms in total. The minimum absolute atomic E-state index is 0.0828. The van der Waals surface area contributed by atoms with Crippen LogP contribution in [0, 0.1) is 0 Å². The third-order valence-corrected chi connectivity index (χ3v) is 3.61. The molecule has 1 aromatic heterocycles. The summed E-state index contributed by atoms with van der Waals surface area (Å²) in [7, 11) is -5.86. The van der Waals surface area contributed by atoms with E-state index in [1.165, 1.54) is 18.2 Å². The lowest BCUT2D eigenvalue weighted by molar-refractivity contribution is -0.0499. The molecule has 0 aliphatic rings. The Kier molecular flexibility index (Phi) is 3.54. The van der Waals surface area contributed by atoms with E-state index in [2.05, 4.69) is 20.1 Å². The Morgan fingerprint density at radius 2 is 1.85 bits per heavy atom. The Balaban J connectivity index is 2.64. The number of hydrogen-bond acceptors (Lipinski definition) is 5. The van der Waals surface area contributed by atoms with Gasteiger partial charge in [0, 0.05) is 4.47 Å². The van der Waals surface area contributed by atoms with E-state index in [1.807, 2.05) is 0 Å². The zero-order chi connectivity index (χ0) is 15.1. The lowest BCUT2D eigenvalue weighted by Gasteiger charge is -2.10. The molecule has 108 valence electrons. The highest BCUT2D eigenvalue weighted by molar-refractivity contribution is 9.10. The van der Waals surface area contributed by atoms with Crippen molar-refractivity contribution < 1.29 is 30.2 Å². The number of hydrogen-bond donors (Lipinski definition) is 0. The second-order valence-electron chi connectivity index (χ2n) is 3.55. The van der Waals surface area contributed by atoms with Gasteiger partial charge in [-0.3, -0.25) is 0 Å². The van der Waals surface area contributed by atoms with E-state index in [4.69, 9.17) is 4.42 Å². The van der Waals surface area contributed by atoms with E-state index in [-0.39, 0.29) is 11.0 Å². The maximum atomic E-state index is 12.3. The summed E-state index contributed by atoms with van der Waals surface area (Å²) >= 11 is 3.07. The average Bonchev–Trinajstić information content (AvgIpc) is 2.25. The molecular weight excluding hydrogens is 369 g/mol. The van der Waals surface area contributed by atoms with Crippen LogP contribution in [0.15, 0.2) is 37.9 Å². The molecule has 0 saturated heterocycles. The minimum atomic E-state index is -5.86. The molecule has 1 heterocycles. The summed E-state index contributed by atoms with van der Waals surface area (Å²) in [6.07, 6.45) is 0. The van der Waals surface area contributed by atoms with Crippen LogP contribution in [0.2, 0.25) is 0 Å².